The average molecular weight is 153 g/mol. The minimum absolute atomic E-state index is 0.627. The van der Waals surface area contributed by atoms with E-state index in [0.29, 0.717) is 5.41 Å². The first-order chi connectivity index (χ1) is 5.16. The van der Waals surface area contributed by atoms with E-state index in [4.69, 9.17) is 5.73 Å². The van der Waals surface area contributed by atoms with E-state index < -0.39 is 0 Å². The summed E-state index contributed by atoms with van der Waals surface area (Å²) in [6.45, 7) is 5.77. The molecule has 64 valence electrons. The third-order valence-electron chi connectivity index (χ3n) is 4.30. The molecule has 0 spiro atoms. The van der Waals surface area contributed by atoms with Crippen LogP contribution in [0.15, 0.2) is 0 Å². The van der Waals surface area contributed by atoms with Crippen LogP contribution in [0.5, 0.6) is 0 Å². The Kier molecular flexibility index (Phi) is 1.54. The van der Waals surface area contributed by atoms with Crippen molar-refractivity contribution in [3.05, 3.63) is 0 Å². The maximum atomic E-state index is 5.74. The molecular weight excluding hydrogens is 134 g/mol. The fourth-order valence-electron chi connectivity index (χ4n) is 3.24. The van der Waals surface area contributed by atoms with E-state index in [0.717, 1.165) is 24.3 Å². The Hall–Kier alpha value is -0.0400. The van der Waals surface area contributed by atoms with Crippen molar-refractivity contribution < 1.29 is 0 Å². The third-order valence-corrected chi connectivity index (χ3v) is 4.30. The highest BCUT2D eigenvalue weighted by Crippen LogP contribution is 2.60. The summed E-state index contributed by atoms with van der Waals surface area (Å²) >= 11 is 0. The summed E-state index contributed by atoms with van der Waals surface area (Å²) in [6.07, 6.45) is 4.30. The molecule has 0 aromatic rings. The second kappa shape index (κ2) is 2.22. The lowest BCUT2D eigenvalue weighted by Crippen LogP contribution is -2.53. The fraction of sp³-hybridized carbons (Fsp3) is 1.00. The minimum atomic E-state index is 0.627. The van der Waals surface area contributed by atoms with Gasteiger partial charge >= 0.3 is 0 Å². The second-order valence-electron chi connectivity index (χ2n) is 4.93. The molecule has 2 N–H and O–H groups in total. The molecule has 0 aromatic heterocycles. The van der Waals surface area contributed by atoms with Crippen molar-refractivity contribution in [3.8, 4) is 0 Å². The van der Waals surface area contributed by atoms with Gasteiger partial charge in [0.1, 0.15) is 0 Å². The van der Waals surface area contributed by atoms with Gasteiger partial charge in [-0.15, -0.1) is 0 Å². The smallest absolute Gasteiger partial charge is 0.00460 e. The molecule has 1 heteroatoms. The maximum Gasteiger partial charge on any atom is -0.00460 e. The van der Waals surface area contributed by atoms with E-state index in [1.807, 2.05) is 0 Å². The van der Waals surface area contributed by atoms with Crippen LogP contribution < -0.4 is 5.73 Å². The van der Waals surface area contributed by atoms with Gasteiger partial charge in [-0.25, -0.2) is 0 Å². The maximum absolute atomic E-state index is 5.74. The third kappa shape index (κ3) is 0.868. The van der Waals surface area contributed by atoms with Crippen LogP contribution in [-0.4, -0.2) is 6.54 Å². The molecule has 3 fully saturated rings. The quantitative estimate of drug-likeness (QED) is 0.612. The first kappa shape index (κ1) is 7.60. The van der Waals surface area contributed by atoms with Gasteiger partial charge in [0, 0.05) is 0 Å². The predicted octanol–water partition coefficient (Wildman–Crippen LogP) is 2.02. The van der Waals surface area contributed by atoms with Gasteiger partial charge in [-0.05, 0) is 49.0 Å². The molecule has 3 aliphatic rings. The molecule has 3 aliphatic carbocycles. The molecular formula is C10H19N. The second-order valence-corrected chi connectivity index (χ2v) is 4.93. The summed E-state index contributed by atoms with van der Waals surface area (Å²) in [5.41, 5.74) is 6.37. The van der Waals surface area contributed by atoms with Crippen LogP contribution in [-0.2, 0) is 0 Å². The van der Waals surface area contributed by atoms with E-state index in [1.54, 1.807) is 0 Å². The van der Waals surface area contributed by atoms with Crippen molar-refractivity contribution in [1.29, 1.82) is 0 Å². The summed E-state index contributed by atoms with van der Waals surface area (Å²) in [5.74, 6) is 2.82. The zero-order valence-electron chi connectivity index (χ0n) is 7.64. The lowest BCUT2D eigenvalue weighted by molar-refractivity contribution is -0.101. The van der Waals surface area contributed by atoms with Crippen molar-refractivity contribution >= 4 is 0 Å². The minimum Gasteiger partial charge on any atom is -0.330 e. The van der Waals surface area contributed by atoms with E-state index in [2.05, 4.69) is 13.8 Å². The summed E-state index contributed by atoms with van der Waals surface area (Å²) in [4.78, 5) is 0. The lowest BCUT2D eigenvalue weighted by Gasteiger charge is -2.60. The Morgan fingerprint density at radius 1 is 1.36 bits per heavy atom. The summed E-state index contributed by atoms with van der Waals surface area (Å²) in [6, 6.07) is 0. The van der Waals surface area contributed by atoms with Crippen molar-refractivity contribution in [3.63, 3.8) is 0 Å². The van der Waals surface area contributed by atoms with Crippen molar-refractivity contribution in [2.75, 3.05) is 6.54 Å². The molecule has 3 saturated carbocycles. The van der Waals surface area contributed by atoms with E-state index in [1.165, 1.54) is 19.3 Å². The van der Waals surface area contributed by atoms with Gasteiger partial charge in [-0.3, -0.25) is 0 Å². The molecule has 0 amide bonds. The predicted molar refractivity (Wildman–Crippen MR) is 47.2 cm³/mol. The number of hydrogen-bond donors (Lipinski definition) is 1. The van der Waals surface area contributed by atoms with Gasteiger partial charge in [0.05, 0.1) is 0 Å². The molecule has 0 saturated heterocycles. The molecule has 2 bridgehead atoms. The van der Waals surface area contributed by atoms with Crippen LogP contribution in [0.25, 0.3) is 0 Å². The first-order valence-corrected chi connectivity index (χ1v) is 4.86. The number of rotatable bonds is 1. The zero-order valence-corrected chi connectivity index (χ0v) is 7.64. The highest BCUT2D eigenvalue weighted by Gasteiger charge is 2.53. The molecule has 0 unspecified atom stereocenters. The van der Waals surface area contributed by atoms with Gasteiger partial charge in [0.2, 0.25) is 0 Å². The molecule has 0 aromatic carbocycles. The highest BCUT2D eigenvalue weighted by atomic mass is 14.6. The van der Waals surface area contributed by atoms with Crippen LogP contribution in [0.3, 0.4) is 0 Å². The van der Waals surface area contributed by atoms with Gasteiger partial charge in [0.25, 0.3) is 0 Å². The SMILES string of the molecule is CC1(C)[C@H]2CC[C@H](CN)[C@H]1C2. The van der Waals surface area contributed by atoms with Crippen LogP contribution >= 0.6 is 0 Å². The fourth-order valence-corrected chi connectivity index (χ4v) is 3.24. The topological polar surface area (TPSA) is 26.0 Å². The summed E-state index contributed by atoms with van der Waals surface area (Å²) in [7, 11) is 0. The Morgan fingerprint density at radius 3 is 2.45 bits per heavy atom. The highest BCUT2D eigenvalue weighted by molar-refractivity contribution is 5.03. The molecule has 0 radical (unpaired) electrons. The normalized spacial score (nSPS) is 46.6. The molecule has 0 aliphatic heterocycles. The van der Waals surface area contributed by atoms with Crippen molar-refractivity contribution in [2.24, 2.45) is 28.9 Å². The number of nitrogens with two attached hydrogens (primary N) is 1. The first-order valence-electron chi connectivity index (χ1n) is 4.86. The van der Waals surface area contributed by atoms with Crippen LogP contribution in [0.1, 0.15) is 33.1 Å². The molecule has 3 rings (SSSR count). The van der Waals surface area contributed by atoms with E-state index >= 15 is 0 Å². The summed E-state index contributed by atoms with van der Waals surface area (Å²) in [5, 5.41) is 0. The van der Waals surface area contributed by atoms with E-state index in [-0.39, 0.29) is 0 Å². The van der Waals surface area contributed by atoms with Gasteiger partial charge < -0.3 is 5.73 Å². The van der Waals surface area contributed by atoms with Crippen LogP contribution in [0.4, 0.5) is 0 Å². The summed E-state index contributed by atoms with van der Waals surface area (Å²) < 4.78 is 0. The number of hydrogen-bond acceptors (Lipinski definition) is 1. The zero-order chi connectivity index (χ0) is 8.06. The Labute approximate surface area is 69.4 Å². The van der Waals surface area contributed by atoms with Crippen LogP contribution in [0, 0.1) is 23.2 Å². The van der Waals surface area contributed by atoms with Gasteiger partial charge in [0.15, 0.2) is 0 Å². The lowest BCUT2D eigenvalue weighted by atomic mass is 9.45. The molecule has 1 nitrogen and oxygen atoms in total. The number of fused-ring (bicyclic) bond motifs is 2. The standard InChI is InChI=1S/C10H19N/c1-10(2)8-4-3-7(6-11)9(10)5-8/h7-9H,3-6,11H2,1-2H3/t7-,8+,9-/m1/s1. The molecule has 3 atom stereocenters. The van der Waals surface area contributed by atoms with Crippen molar-refractivity contribution in [2.45, 2.75) is 33.1 Å². The Morgan fingerprint density at radius 2 is 2.09 bits per heavy atom. The van der Waals surface area contributed by atoms with Gasteiger partial charge in [-0.2, -0.15) is 0 Å². The van der Waals surface area contributed by atoms with Crippen LogP contribution in [0.2, 0.25) is 0 Å². The Balaban J connectivity index is 2.10. The largest absolute Gasteiger partial charge is 0.330 e. The van der Waals surface area contributed by atoms with Crippen molar-refractivity contribution in [1.82, 2.24) is 0 Å². The molecule has 11 heavy (non-hydrogen) atoms. The van der Waals surface area contributed by atoms with Gasteiger partial charge in [-0.1, -0.05) is 13.8 Å². The average Bonchev–Trinajstić information content (AvgIpc) is 2.04. The monoisotopic (exact) mass is 153 g/mol. The molecule has 0 heterocycles. The Bertz CT molecular complexity index is 160. The van der Waals surface area contributed by atoms with E-state index in [9.17, 15) is 0 Å².